The maximum absolute atomic E-state index is 12.2. The van der Waals surface area contributed by atoms with Gasteiger partial charge in [0.1, 0.15) is 18.5 Å². The van der Waals surface area contributed by atoms with Gasteiger partial charge in [-0.3, -0.25) is 9.69 Å². The van der Waals surface area contributed by atoms with Crippen LogP contribution in [0.2, 0.25) is 0 Å². The van der Waals surface area contributed by atoms with Crippen LogP contribution in [0, 0.1) is 5.92 Å². The van der Waals surface area contributed by atoms with Crippen LogP contribution < -0.4 is 15.0 Å². The molecule has 2 amide bonds. The Labute approximate surface area is 204 Å². The van der Waals surface area contributed by atoms with Crippen molar-refractivity contribution in [3.05, 3.63) is 42.9 Å². The van der Waals surface area contributed by atoms with E-state index in [1.165, 1.54) is 6.08 Å². The molecule has 2 aliphatic rings. The van der Waals surface area contributed by atoms with Gasteiger partial charge in [0.25, 0.3) is 0 Å². The van der Waals surface area contributed by atoms with Crippen molar-refractivity contribution in [3.63, 3.8) is 0 Å². The molecular weight excluding hydrogens is 450 g/mol. The second kappa shape index (κ2) is 11.1. The highest BCUT2D eigenvalue weighted by Crippen LogP contribution is 2.25. The van der Waals surface area contributed by atoms with Gasteiger partial charge in [-0.25, -0.2) is 19.7 Å². The fraction of sp³-hybridized carbons (Fsp3) is 0.500. The summed E-state index contributed by atoms with van der Waals surface area (Å²) < 4.78 is 11.1. The van der Waals surface area contributed by atoms with Crippen LogP contribution in [-0.4, -0.2) is 75.2 Å². The molecule has 2 aliphatic heterocycles. The van der Waals surface area contributed by atoms with E-state index >= 15 is 0 Å². The second-order valence-corrected chi connectivity index (χ2v) is 8.89. The molecule has 2 aromatic rings. The average molecular weight is 482 g/mol. The predicted molar refractivity (Wildman–Crippen MR) is 129 cm³/mol. The lowest BCUT2D eigenvalue weighted by molar-refractivity contribution is -0.127. The van der Waals surface area contributed by atoms with E-state index in [0.29, 0.717) is 50.4 Å². The van der Waals surface area contributed by atoms with Crippen molar-refractivity contribution in [1.82, 2.24) is 24.8 Å². The molecule has 11 heteroatoms. The summed E-state index contributed by atoms with van der Waals surface area (Å²) in [6, 6.07) is 2.00. The van der Waals surface area contributed by atoms with Crippen molar-refractivity contribution in [2.75, 3.05) is 36.5 Å². The lowest BCUT2D eigenvalue weighted by Gasteiger charge is -2.30. The zero-order valence-corrected chi connectivity index (χ0v) is 20.1. The van der Waals surface area contributed by atoms with E-state index in [2.05, 4.69) is 31.8 Å². The van der Waals surface area contributed by atoms with Gasteiger partial charge in [-0.2, -0.15) is 4.98 Å². The van der Waals surface area contributed by atoms with Gasteiger partial charge in [0.15, 0.2) is 0 Å². The van der Waals surface area contributed by atoms with Crippen LogP contribution in [0.25, 0.3) is 0 Å². The summed E-state index contributed by atoms with van der Waals surface area (Å²) in [7, 11) is 0. The number of anilines is 2. The Morgan fingerprint density at radius 2 is 2.03 bits per heavy atom. The minimum absolute atomic E-state index is 0.0102. The molecule has 4 rings (SSSR count). The largest absolute Gasteiger partial charge is 0.460 e. The topological polar surface area (TPSA) is 123 Å². The number of carbonyl (C=O) groups is 2. The summed E-state index contributed by atoms with van der Waals surface area (Å²) in [5, 5.41) is 3.19. The Balaban J connectivity index is 1.25. The number of rotatable bonds is 9. The molecule has 0 radical (unpaired) electrons. The fourth-order valence-electron chi connectivity index (χ4n) is 4.08. The predicted octanol–water partition coefficient (Wildman–Crippen LogP) is 2.46. The van der Waals surface area contributed by atoms with Crippen LogP contribution >= 0.6 is 0 Å². The molecule has 2 fully saturated rings. The summed E-state index contributed by atoms with van der Waals surface area (Å²) in [5.41, 5.74) is 0.940. The highest BCUT2D eigenvalue weighted by Gasteiger charge is 2.37. The number of nitrogens with one attached hydrogen (secondary N) is 1. The van der Waals surface area contributed by atoms with Gasteiger partial charge < -0.3 is 19.7 Å². The minimum Gasteiger partial charge on any atom is -0.460 e. The standard InChI is InChI=1S/C24H31N7O4/c1-4-21(32)30-11-7-18(8-12-30)35-23-27-13-17(14-28-23)5-9-25-22-26-10-6-20(29-22)31-19(16(2)3)15-34-24(31)33/h4,6,10,13-14,16,18-19H,1,5,7-9,11-12,15H2,2-3H3,(H,25,26,29)/t19-/m1/s1. The highest BCUT2D eigenvalue weighted by molar-refractivity contribution is 5.89. The maximum Gasteiger partial charge on any atom is 0.415 e. The van der Waals surface area contributed by atoms with Crippen LogP contribution in [0.5, 0.6) is 6.01 Å². The molecule has 0 saturated carbocycles. The lowest BCUT2D eigenvalue weighted by atomic mass is 10.0. The third-order valence-corrected chi connectivity index (χ3v) is 6.14. The van der Waals surface area contributed by atoms with Crippen molar-refractivity contribution in [2.45, 2.75) is 45.3 Å². The van der Waals surface area contributed by atoms with Crippen LogP contribution in [0.1, 0.15) is 32.3 Å². The van der Waals surface area contributed by atoms with Crippen LogP contribution in [0.3, 0.4) is 0 Å². The first-order valence-electron chi connectivity index (χ1n) is 11.9. The van der Waals surface area contributed by atoms with E-state index in [9.17, 15) is 9.59 Å². The molecule has 1 atom stereocenters. The molecule has 35 heavy (non-hydrogen) atoms. The first-order chi connectivity index (χ1) is 16.9. The highest BCUT2D eigenvalue weighted by atomic mass is 16.6. The molecule has 0 spiro atoms. The molecule has 1 N–H and O–H groups in total. The van der Waals surface area contributed by atoms with Crippen LogP contribution in [0.15, 0.2) is 37.3 Å². The van der Waals surface area contributed by atoms with E-state index in [1.54, 1.807) is 34.5 Å². The normalized spacial score (nSPS) is 18.5. The zero-order valence-electron chi connectivity index (χ0n) is 20.1. The molecule has 2 saturated heterocycles. The van der Waals surface area contributed by atoms with Crippen LogP contribution in [-0.2, 0) is 16.0 Å². The van der Waals surface area contributed by atoms with E-state index in [-0.39, 0.29) is 30.1 Å². The summed E-state index contributed by atoms with van der Waals surface area (Å²) in [4.78, 5) is 44.6. The molecule has 2 aromatic heterocycles. The van der Waals surface area contributed by atoms with E-state index in [1.807, 2.05) is 13.8 Å². The lowest BCUT2D eigenvalue weighted by Crippen LogP contribution is -2.41. The van der Waals surface area contributed by atoms with Gasteiger partial charge >= 0.3 is 12.1 Å². The van der Waals surface area contributed by atoms with Crippen molar-refractivity contribution < 1.29 is 19.1 Å². The molecular formula is C24H31N7O4. The molecule has 0 unspecified atom stereocenters. The van der Waals surface area contributed by atoms with E-state index in [4.69, 9.17) is 9.47 Å². The third-order valence-electron chi connectivity index (χ3n) is 6.14. The summed E-state index contributed by atoms with van der Waals surface area (Å²) >= 11 is 0. The number of likely N-dealkylation sites (tertiary alicyclic amines) is 1. The van der Waals surface area contributed by atoms with Gasteiger partial charge in [-0.15, -0.1) is 0 Å². The van der Waals surface area contributed by atoms with Crippen LogP contribution in [0.4, 0.5) is 16.6 Å². The van der Waals surface area contributed by atoms with Gasteiger partial charge in [0, 0.05) is 51.1 Å². The summed E-state index contributed by atoms with van der Waals surface area (Å²) in [6.45, 7) is 9.83. The first kappa shape index (κ1) is 24.4. The number of hydrogen-bond acceptors (Lipinski definition) is 9. The number of piperidine rings is 1. The molecule has 11 nitrogen and oxygen atoms in total. The Kier molecular flexibility index (Phi) is 7.74. The average Bonchev–Trinajstić information content (AvgIpc) is 3.27. The number of cyclic esters (lactones) is 1. The number of ether oxygens (including phenoxy) is 2. The van der Waals surface area contributed by atoms with Crippen molar-refractivity contribution in [2.24, 2.45) is 5.92 Å². The van der Waals surface area contributed by atoms with Crippen molar-refractivity contribution >= 4 is 23.8 Å². The van der Waals surface area contributed by atoms with Crippen molar-refractivity contribution in [1.29, 1.82) is 0 Å². The second-order valence-electron chi connectivity index (χ2n) is 8.89. The summed E-state index contributed by atoms with van der Waals surface area (Å²) in [5.74, 6) is 1.15. The number of carbonyl (C=O) groups excluding carboxylic acids is 2. The number of aromatic nitrogens is 4. The number of nitrogens with zero attached hydrogens (tertiary/aromatic N) is 6. The number of amides is 2. The zero-order chi connectivity index (χ0) is 24.8. The van der Waals surface area contributed by atoms with E-state index in [0.717, 1.165) is 18.4 Å². The van der Waals surface area contributed by atoms with Gasteiger partial charge in [-0.05, 0) is 30.0 Å². The Bertz CT molecular complexity index is 1040. The van der Waals surface area contributed by atoms with Crippen molar-refractivity contribution in [3.8, 4) is 6.01 Å². The quantitative estimate of drug-likeness (QED) is 0.538. The number of hydrogen-bond donors (Lipinski definition) is 1. The third kappa shape index (κ3) is 6.03. The fourth-order valence-corrected chi connectivity index (χ4v) is 4.08. The molecule has 186 valence electrons. The van der Waals surface area contributed by atoms with E-state index < -0.39 is 0 Å². The molecule has 0 aliphatic carbocycles. The van der Waals surface area contributed by atoms with Gasteiger partial charge in [-0.1, -0.05) is 20.4 Å². The minimum atomic E-state index is -0.386. The first-order valence-corrected chi connectivity index (χ1v) is 11.9. The monoisotopic (exact) mass is 481 g/mol. The smallest absolute Gasteiger partial charge is 0.415 e. The van der Waals surface area contributed by atoms with Gasteiger partial charge in [0.05, 0.1) is 6.04 Å². The maximum atomic E-state index is 12.2. The molecule has 0 bridgehead atoms. The Morgan fingerprint density at radius 3 is 2.71 bits per heavy atom. The van der Waals surface area contributed by atoms with Gasteiger partial charge in [0.2, 0.25) is 11.9 Å². The SMILES string of the molecule is C=CC(=O)N1CCC(Oc2ncc(CCNc3nccc(N4C(=O)OC[C@@H]4C(C)C)n3)cn2)CC1. The molecule has 4 heterocycles. The Hall–Kier alpha value is -3.76. The Morgan fingerprint density at radius 1 is 1.29 bits per heavy atom. The molecule has 0 aromatic carbocycles. The summed E-state index contributed by atoms with van der Waals surface area (Å²) in [6.07, 6.45) is 8.19.